The van der Waals surface area contributed by atoms with E-state index in [1.807, 2.05) is 25.1 Å². The fourth-order valence-corrected chi connectivity index (χ4v) is 11.8. The Labute approximate surface area is 477 Å². The highest BCUT2D eigenvalue weighted by molar-refractivity contribution is 7.16. The van der Waals surface area contributed by atoms with E-state index in [2.05, 4.69) is 76.1 Å². The molecule has 24 nitrogen and oxygen atoms in total. The van der Waals surface area contributed by atoms with Gasteiger partial charge in [-0.2, -0.15) is 0 Å². The van der Waals surface area contributed by atoms with Crippen LogP contribution in [0.25, 0.3) is 0 Å². The lowest BCUT2D eigenvalue weighted by Gasteiger charge is -2.25. The van der Waals surface area contributed by atoms with E-state index in [0.29, 0.717) is 73.0 Å². The Hall–Kier alpha value is -7.95. The summed E-state index contributed by atoms with van der Waals surface area (Å²) < 4.78 is 24.5. The van der Waals surface area contributed by atoms with Crippen LogP contribution in [0.15, 0.2) is 72.8 Å². The predicted molar refractivity (Wildman–Crippen MR) is 305 cm³/mol. The number of hydrogen-bond acceptors (Lipinski definition) is 26. The van der Waals surface area contributed by atoms with Crippen molar-refractivity contribution in [1.29, 1.82) is 0 Å². The molecule has 8 aromatic heterocycles. The minimum absolute atomic E-state index is 0.115. The lowest BCUT2D eigenvalue weighted by molar-refractivity contribution is -0.139. The largest absolute Gasteiger partial charge is 0.481 e. The van der Waals surface area contributed by atoms with E-state index < -0.39 is 0 Å². The third-order valence-corrected chi connectivity index (χ3v) is 16.1. The van der Waals surface area contributed by atoms with Crippen LogP contribution in [0, 0.1) is 6.92 Å². The highest BCUT2D eigenvalue weighted by Crippen LogP contribution is 2.45. The minimum atomic E-state index is -0.305. The van der Waals surface area contributed by atoms with Crippen molar-refractivity contribution in [2.45, 2.75) is 101 Å². The van der Waals surface area contributed by atoms with Crippen LogP contribution in [0.2, 0.25) is 0 Å². The van der Waals surface area contributed by atoms with Gasteiger partial charge in [0.05, 0.1) is 71.9 Å². The highest BCUT2D eigenvalue weighted by Gasteiger charge is 2.31. The van der Waals surface area contributed by atoms with Gasteiger partial charge in [-0.05, 0) is 69.7 Å². The summed E-state index contributed by atoms with van der Waals surface area (Å²) in [5, 5.41) is 44.8. The smallest absolute Gasteiger partial charge is 0.311 e. The number of nitrogen functional groups attached to an aromatic ring is 2. The van der Waals surface area contributed by atoms with Gasteiger partial charge in [-0.25, -0.2) is 19.9 Å². The number of rotatable bonds is 16. The van der Waals surface area contributed by atoms with Gasteiger partial charge in [-0.1, -0.05) is 82.5 Å². The van der Waals surface area contributed by atoms with Crippen LogP contribution < -0.4 is 41.0 Å². The SMILES string of the molecule is COC(=O)Cc1cccc(OC)n1.COc1cccc(C)n1.COc1cccc(CC(=O)Nc2nnc([C@H]3CCC[C@H](c4nnc(NC(=O)Cc5cccc(OC)n5)s4)C3)s2)n1.Nc1nnc([C@H]2CCC[C@H](c3nnc(N)s3)C2)s1. The summed E-state index contributed by atoms with van der Waals surface area (Å²) in [5.41, 5.74) is 14.1. The van der Waals surface area contributed by atoms with Gasteiger partial charge in [0.25, 0.3) is 0 Å². The van der Waals surface area contributed by atoms with Crippen LogP contribution in [-0.4, -0.2) is 114 Å². The molecule has 0 bridgehead atoms. The Morgan fingerprint density at radius 2 is 0.825 bits per heavy atom. The fraction of sp³-hybridized carbons (Fsp3) is 0.404. The van der Waals surface area contributed by atoms with Gasteiger partial charge in [0, 0.05) is 53.6 Å². The maximum Gasteiger partial charge on any atom is 0.311 e. The molecule has 2 saturated carbocycles. The number of nitrogens with two attached hydrogens (primary N) is 2. The van der Waals surface area contributed by atoms with Crippen molar-refractivity contribution in [1.82, 2.24) is 60.7 Å². The van der Waals surface area contributed by atoms with E-state index >= 15 is 0 Å². The number of anilines is 4. The van der Waals surface area contributed by atoms with Gasteiger partial charge in [0.15, 0.2) is 0 Å². The number of methoxy groups -OCH3 is 5. The molecule has 2 aliphatic carbocycles. The molecule has 8 aromatic rings. The first kappa shape index (κ1) is 59.7. The highest BCUT2D eigenvalue weighted by atomic mass is 32.1. The summed E-state index contributed by atoms with van der Waals surface area (Å²) in [6.45, 7) is 1.93. The summed E-state index contributed by atoms with van der Waals surface area (Å²) in [6.07, 6.45) is 8.77. The number of carbonyl (C=O) groups is 3. The Balaban J connectivity index is 0.000000187. The number of hydrogen-bond donors (Lipinski definition) is 4. The van der Waals surface area contributed by atoms with Crippen LogP contribution >= 0.6 is 45.3 Å². The number of amides is 2. The first-order chi connectivity index (χ1) is 38.8. The summed E-state index contributed by atoms with van der Waals surface area (Å²) >= 11 is 5.78. The maximum absolute atomic E-state index is 12.5. The topological polar surface area (TPSA) is 328 Å². The third-order valence-electron chi connectivity index (χ3n) is 12.3. The minimum Gasteiger partial charge on any atom is -0.481 e. The first-order valence-corrected chi connectivity index (χ1v) is 28.5. The van der Waals surface area contributed by atoms with Crippen molar-refractivity contribution >= 4 is 83.7 Å². The molecule has 422 valence electrons. The number of esters is 1. The number of nitrogens with one attached hydrogen (secondary N) is 2. The summed E-state index contributed by atoms with van der Waals surface area (Å²) in [4.78, 5) is 52.6. The molecule has 2 amide bonds. The molecule has 6 N–H and O–H groups in total. The average Bonchev–Trinajstić information content (AvgIpc) is 4.33. The van der Waals surface area contributed by atoms with Crippen LogP contribution in [0.1, 0.15) is 118 Å². The standard InChI is InChI=1S/C26H28N8O4S2.C10H14N6S2.C9H11NO3.C7H9NO/c1-37-21-10-4-8-17(27-21)13-19(35)29-25-33-31-23(39-25)15-6-3-7-16(12-15)24-32-34-26(40-24)30-20(36)14-18-9-5-11-22(28-18)38-2;11-9-15-13-7(17-9)5-2-1-3-6(4-5)8-14-16-10(12)18-8;1-12-8-5-3-4-7(10-8)6-9(11)13-2;1-6-4-3-5-7(8-6)9-2/h4-5,8-11,15-16H,3,6-7,12-14H2,1-2H3,(H,29,33,35)(H,30,34,36);5-6H,1-4H2,(H2,11,15)(H2,12,16);3-5H,6H2,1-2H3;3-5H,1-2H3/t15-,16-;5-,6-;;/m00../s1. The molecular formula is C52H62N16O8S4. The third kappa shape index (κ3) is 18.6. The normalized spacial score (nSPS) is 16.4. The molecule has 0 aromatic carbocycles. The van der Waals surface area contributed by atoms with E-state index in [-0.39, 0.29) is 48.9 Å². The molecule has 2 fully saturated rings. The summed E-state index contributed by atoms with van der Waals surface area (Å²) in [5.74, 6) is 2.69. The van der Waals surface area contributed by atoms with E-state index in [4.69, 9.17) is 30.4 Å². The molecule has 0 radical (unpaired) electrons. The maximum atomic E-state index is 12.5. The van der Waals surface area contributed by atoms with Gasteiger partial charge in [-0.3, -0.25) is 14.4 Å². The predicted octanol–water partition coefficient (Wildman–Crippen LogP) is 8.20. The molecule has 28 heteroatoms. The van der Waals surface area contributed by atoms with Gasteiger partial charge in [0.1, 0.15) is 20.0 Å². The monoisotopic (exact) mass is 1170 g/mol. The Bertz CT molecular complexity index is 3090. The molecule has 0 aliphatic heterocycles. The van der Waals surface area contributed by atoms with E-state index in [1.165, 1.54) is 80.2 Å². The second-order valence-corrected chi connectivity index (χ2v) is 22.1. The Morgan fingerprint density at radius 3 is 1.16 bits per heavy atom. The second kappa shape index (κ2) is 30.4. The molecular weight excluding hydrogens is 1100 g/mol. The lowest BCUT2D eigenvalue weighted by Crippen LogP contribution is -2.15. The van der Waals surface area contributed by atoms with E-state index in [9.17, 15) is 14.4 Å². The van der Waals surface area contributed by atoms with Crippen molar-refractivity contribution in [3.63, 3.8) is 0 Å². The van der Waals surface area contributed by atoms with Crippen LogP contribution in [0.5, 0.6) is 23.5 Å². The van der Waals surface area contributed by atoms with Crippen LogP contribution in [0.3, 0.4) is 0 Å². The first-order valence-electron chi connectivity index (χ1n) is 25.3. The van der Waals surface area contributed by atoms with Crippen molar-refractivity contribution in [2.75, 3.05) is 57.6 Å². The summed E-state index contributed by atoms with van der Waals surface area (Å²) in [6, 6.07) is 21.5. The van der Waals surface area contributed by atoms with E-state index in [0.717, 1.165) is 70.7 Å². The molecule has 80 heavy (non-hydrogen) atoms. The lowest BCUT2D eigenvalue weighted by atomic mass is 9.82. The van der Waals surface area contributed by atoms with Crippen molar-refractivity contribution in [3.8, 4) is 23.5 Å². The zero-order valence-corrected chi connectivity index (χ0v) is 48.2. The van der Waals surface area contributed by atoms with Crippen LogP contribution in [-0.2, 0) is 38.4 Å². The Morgan fingerprint density at radius 1 is 0.475 bits per heavy atom. The second-order valence-electron chi connectivity index (χ2n) is 18.0. The number of pyridine rings is 4. The van der Waals surface area contributed by atoms with Crippen molar-refractivity contribution in [2.24, 2.45) is 0 Å². The molecule has 0 spiro atoms. The molecule has 4 atom stereocenters. The van der Waals surface area contributed by atoms with Crippen molar-refractivity contribution < 1.29 is 38.1 Å². The van der Waals surface area contributed by atoms with Crippen molar-refractivity contribution in [3.05, 3.63) is 116 Å². The molecule has 8 heterocycles. The van der Waals surface area contributed by atoms with Crippen LogP contribution in [0.4, 0.5) is 20.5 Å². The molecule has 10 rings (SSSR count). The fourth-order valence-electron chi connectivity index (χ4n) is 8.52. The van der Waals surface area contributed by atoms with Gasteiger partial charge >= 0.3 is 5.97 Å². The number of aromatic nitrogens is 12. The Kier molecular flexibility index (Phi) is 22.7. The number of ether oxygens (including phenoxy) is 5. The van der Waals surface area contributed by atoms with Gasteiger partial charge in [-0.15, -0.1) is 40.8 Å². The zero-order chi connectivity index (χ0) is 56.8. The number of aryl methyl sites for hydroxylation is 1. The van der Waals surface area contributed by atoms with Gasteiger partial charge in [0.2, 0.25) is 55.9 Å². The van der Waals surface area contributed by atoms with Gasteiger partial charge < -0.3 is 45.8 Å². The quantitative estimate of drug-likeness (QED) is 0.0662. The van der Waals surface area contributed by atoms with E-state index in [1.54, 1.807) is 61.7 Å². The number of carbonyl (C=O) groups excluding carboxylic acids is 3. The molecule has 0 unspecified atom stereocenters. The average molecular weight is 1170 g/mol. The zero-order valence-electron chi connectivity index (χ0n) is 44.9. The molecule has 2 aliphatic rings. The molecule has 0 saturated heterocycles. The number of nitrogens with zero attached hydrogens (tertiary/aromatic N) is 12. The summed E-state index contributed by atoms with van der Waals surface area (Å²) in [7, 11) is 7.57.